The van der Waals surface area contributed by atoms with E-state index in [0.29, 0.717) is 0 Å². The summed E-state index contributed by atoms with van der Waals surface area (Å²) in [5.41, 5.74) is -0.550. The monoisotopic (exact) mass is 290 g/mol. The van der Waals surface area contributed by atoms with Gasteiger partial charge in [-0.3, -0.25) is 0 Å². The van der Waals surface area contributed by atoms with Crippen LogP contribution in [0.15, 0.2) is 0 Å². The van der Waals surface area contributed by atoms with Crippen molar-refractivity contribution in [3.63, 3.8) is 0 Å². The molecule has 1 heterocycles. The Labute approximate surface area is 114 Å². The van der Waals surface area contributed by atoms with Gasteiger partial charge in [0.2, 0.25) is 10.0 Å². The number of hydrogen-bond acceptors (Lipinski definition) is 4. The molecule has 0 bridgehead atoms. The standard InChI is InChI=1S/C12H22N2O4S/c1-12(2,3)18-11(15)14-7-10(8-14)19(16,17)13(4)9-5-6-9/h9-10H,5-8H2,1-4H3. The number of amides is 1. The van der Waals surface area contributed by atoms with Gasteiger partial charge in [-0.05, 0) is 33.6 Å². The molecular formula is C12H22N2O4S. The van der Waals surface area contributed by atoms with E-state index >= 15 is 0 Å². The predicted molar refractivity (Wildman–Crippen MR) is 71.3 cm³/mol. The van der Waals surface area contributed by atoms with E-state index in [1.807, 2.05) is 0 Å². The van der Waals surface area contributed by atoms with Gasteiger partial charge in [0, 0.05) is 26.2 Å². The Morgan fingerprint density at radius 3 is 2.21 bits per heavy atom. The lowest BCUT2D eigenvalue weighted by Gasteiger charge is -2.40. The maximum atomic E-state index is 12.2. The van der Waals surface area contributed by atoms with Crippen molar-refractivity contribution in [3.8, 4) is 0 Å². The molecule has 0 spiro atoms. The van der Waals surface area contributed by atoms with E-state index in [1.54, 1.807) is 27.8 Å². The average molecular weight is 290 g/mol. The second kappa shape index (κ2) is 4.63. The number of ether oxygens (including phenoxy) is 1. The van der Waals surface area contributed by atoms with Crippen LogP contribution in [-0.4, -0.2) is 60.7 Å². The molecule has 0 atom stereocenters. The van der Waals surface area contributed by atoms with Crippen molar-refractivity contribution in [1.82, 2.24) is 9.21 Å². The van der Waals surface area contributed by atoms with E-state index < -0.39 is 27.0 Å². The lowest BCUT2D eigenvalue weighted by Crippen LogP contribution is -2.60. The summed E-state index contributed by atoms with van der Waals surface area (Å²) in [5.74, 6) is 0. The Hall–Kier alpha value is -0.820. The molecule has 1 saturated carbocycles. The first-order valence-electron chi connectivity index (χ1n) is 6.56. The number of carbonyl (C=O) groups is 1. The van der Waals surface area contributed by atoms with Crippen molar-refractivity contribution in [2.24, 2.45) is 0 Å². The van der Waals surface area contributed by atoms with Crippen molar-refractivity contribution in [3.05, 3.63) is 0 Å². The van der Waals surface area contributed by atoms with E-state index in [1.165, 1.54) is 9.21 Å². The normalized spacial score (nSPS) is 21.4. The van der Waals surface area contributed by atoms with Crippen molar-refractivity contribution < 1.29 is 17.9 Å². The summed E-state index contributed by atoms with van der Waals surface area (Å²) in [4.78, 5) is 13.2. The van der Waals surface area contributed by atoms with Crippen molar-refractivity contribution in [2.75, 3.05) is 20.1 Å². The summed E-state index contributed by atoms with van der Waals surface area (Å²) in [5, 5.41) is -0.481. The summed E-state index contributed by atoms with van der Waals surface area (Å²) in [6.07, 6.45) is 1.45. The second-order valence-corrected chi connectivity index (χ2v) is 8.57. The predicted octanol–water partition coefficient (Wildman–Crippen LogP) is 1.03. The molecule has 2 fully saturated rings. The third kappa shape index (κ3) is 3.20. The van der Waals surface area contributed by atoms with E-state index in [9.17, 15) is 13.2 Å². The number of nitrogens with zero attached hydrogens (tertiary/aromatic N) is 2. The van der Waals surface area contributed by atoms with E-state index in [-0.39, 0.29) is 19.1 Å². The first kappa shape index (κ1) is 14.6. The SMILES string of the molecule is CN(C1CC1)S(=O)(=O)C1CN(C(=O)OC(C)(C)C)C1. The molecule has 7 heteroatoms. The Kier molecular flexibility index (Phi) is 3.55. The molecule has 0 radical (unpaired) electrons. The molecule has 0 aromatic rings. The van der Waals surface area contributed by atoms with Crippen LogP contribution >= 0.6 is 0 Å². The molecule has 6 nitrogen and oxygen atoms in total. The highest BCUT2D eigenvalue weighted by molar-refractivity contribution is 7.89. The van der Waals surface area contributed by atoms with Crippen molar-refractivity contribution >= 4 is 16.1 Å². The molecule has 110 valence electrons. The summed E-state index contributed by atoms with van der Waals surface area (Å²) in [7, 11) is -1.64. The highest BCUT2D eigenvalue weighted by Crippen LogP contribution is 2.31. The van der Waals surface area contributed by atoms with Crippen LogP contribution in [0.25, 0.3) is 0 Å². The van der Waals surface area contributed by atoms with Crippen LogP contribution in [0.4, 0.5) is 4.79 Å². The molecule has 0 unspecified atom stereocenters. The fourth-order valence-corrected chi connectivity index (χ4v) is 3.82. The fraction of sp³-hybridized carbons (Fsp3) is 0.917. The van der Waals surface area contributed by atoms with Gasteiger partial charge in [-0.1, -0.05) is 0 Å². The molecular weight excluding hydrogens is 268 g/mol. The molecule has 1 amide bonds. The zero-order valence-corrected chi connectivity index (χ0v) is 12.7. The second-order valence-electron chi connectivity index (χ2n) is 6.30. The van der Waals surface area contributed by atoms with Crippen LogP contribution in [0, 0.1) is 0 Å². The number of sulfonamides is 1. The zero-order valence-electron chi connectivity index (χ0n) is 11.9. The molecule has 1 saturated heterocycles. The minimum atomic E-state index is -3.27. The lowest BCUT2D eigenvalue weighted by atomic mass is 10.2. The topological polar surface area (TPSA) is 66.9 Å². The minimum absolute atomic E-state index is 0.167. The maximum Gasteiger partial charge on any atom is 0.410 e. The molecule has 19 heavy (non-hydrogen) atoms. The first-order valence-corrected chi connectivity index (χ1v) is 8.06. The van der Waals surface area contributed by atoms with E-state index in [0.717, 1.165) is 12.8 Å². The summed E-state index contributed by atoms with van der Waals surface area (Å²) in [6.45, 7) is 5.84. The van der Waals surface area contributed by atoms with Gasteiger partial charge in [-0.2, -0.15) is 0 Å². The third-order valence-corrected chi connectivity index (χ3v) is 5.63. The minimum Gasteiger partial charge on any atom is -0.444 e. The Morgan fingerprint density at radius 1 is 1.26 bits per heavy atom. The molecule has 1 aliphatic carbocycles. The van der Waals surface area contributed by atoms with Gasteiger partial charge in [0.05, 0.1) is 0 Å². The highest BCUT2D eigenvalue weighted by atomic mass is 32.2. The van der Waals surface area contributed by atoms with Gasteiger partial charge >= 0.3 is 6.09 Å². The van der Waals surface area contributed by atoms with Gasteiger partial charge < -0.3 is 9.64 Å². The van der Waals surface area contributed by atoms with Gasteiger partial charge in [-0.25, -0.2) is 17.5 Å². The quantitative estimate of drug-likeness (QED) is 0.778. The molecule has 0 N–H and O–H groups in total. The third-order valence-electron chi connectivity index (χ3n) is 3.38. The zero-order chi connectivity index (χ0) is 14.4. The van der Waals surface area contributed by atoms with E-state index in [2.05, 4.69) is 0 Å². The maximum absolute atomic E-state index is 12.2. The smallest absolute Gasteiger partial charge is 0.410 e. The average Bonchev–Trinajstić information content (AvgIpc) is 2.92. The number of likely N-dealkylation sites (tertiary alicyclic amines) is 1. The molecule has 1 aliphatic heterocycles. The van der Waals surface area contributed by atoms with Crippen LogP contribution < -0.4 is 0 Å². The van der Waals surface area contributed by atoms with Crippen molar-refractivity contribution in [2.45, 2.75) is 50.5 Å². The van der Waals surface area contributed by atoms with Crippen LogP contribution in [0.5, 0.6) is 0 Å². The summed E-state index contributed by atoms with van der Waals surface area (Å²) >= 11 is 0. The Bertz CT molecular complexity index is 459. The van der Waals surface area contributed by atoms with Crippen LogP contribution in [0.1, 0.15) is 33.6 Å². The van der Waals surface area contributed by atoms with Gasteiger partial charge in [0.1, 0.15) is 10.9 Å². The molecule has 2 aliphatic rings. The number of rotatable bonds is 3. The Morgan fingerprint density at radius 2 is 1.79 bits per heavy atom. The van der Waals surface area contributed by atoms with Gasteiger partial charge in [-0.15, -0.1) is 0 Å². The number of hydrogen-bond donors (Lipinski definition) is 0. The van der Waals surface area contributed by atoms with Crippen molar-refractivity contribution in [1.29, 1.82) is 0 Å². The first-order chi connectivity index (χ1) is 8.61. The van der Waals surface area contributed by atoms with Crippen LogP contribution in [-0.2, 0) is 14.8 Å². The molecule has 2 rings (SSSR count). The van der Waals surface area contributed by atoms with Crippen LogP contribution in [0.2, 0.25) is 0 Å². The number of carbonyl (C=O) groups excluding carboxylic acids is 1. The lowest BCUT2D eigenvalue weighted by molar-refractivity contribution is 0.0136. The van der Waals surface area contributed by atoms with E-state index in [4.69, 9.17) is 4.74 Å². The highest BCUT2D eigenvalue weighted by Gasteiger charge is 2.46. The molecule has 0 aromatic heterocycles. The van der Waals surface area contributed by atoms with Gasteiger partial charge in [0.15, 0.2) is 0 Å². The fourth-order valence-electron chi connectivity index (χ4n) is 1.98. The Balaban J connectivity index is 1.87. The molecule has 0 aromatic carbocycles. The van der Waals surface area contributed by atoms with Crippen LogP contribution in [0.3, 0.4) is 0 Å². The largest absolute Gasteiger partial charge is 0.444 e. The summed E-state index contributed by atoms with van der Waals surface area (Å²) in [6, 6.07) is 0.167. The van der Waals surface area contributed by atoms with Gasteiger partial charge in [0.25, 0.3) is 0 Å². The summed E-state index contributed by atoms with van der Waals surface area (Å²) < 4.78 is 31.1.